The van der Waals surface area contributed by atoms with Crippen LogP contribution in [0, 0.1) is 0 Å². The van der Waals surface area contributed by atoms with Crippen LogP contribution in [0.1, 0.15) is 31.4 Å². The normalized spacial score (nSPS) is 22.9. The van der Waals surface area contributed by atoms with Gasteiger partial charge in [-0.05, 0) is 44.2 Å². The Morgan fingerprint density at radius 2 is 1.94 bits per heavy atom. The molecule has 17 heavy (non-hydrogen) atoms. The average molecular weight is 233 g/mol. The molecule has 3 atom stereocenters. The molecule has 1 aromatic carbocycles. The summed E-state index contributed by atoms with van der Waals surface area (Å²) >= 11 is 0. The largest absolute Gasteiger partial charge is 0.380 e. The highest BCUT2D eigenvalue weighted by Gasteiger charge is 2.21. The maximum absolute atomic E-state index is 5.36. The fourth-order valence-electron chi connectivity index (χ4n) is 2.55. The van der Waals surface area contributed by atoms with Crippen molar-refractivity contribution in [2.45, 2.75) is 51.3 Å². The third-order valence-electron chi connectivity index (χ3n) is 3.92. The fourth-order valence-corrected chi connectivity index (χ4v) is 2.55. The summed E-state index contributed by atoms with van der Waals surface area (Å²) in [4.78, 5) is 0. The number of methoxy groups -OCH3 is 1. The molecular weight excluding hydrogens is 210 g/mol. The molecular formula is C15H23NO. The number of hydrogen-bond donors (Lipinski definition) is 1. The molecule has 94 valence electrons. The van der Waals surface area contributed by atoms with Crippen LogP contribution in [0.3, 0.4) is 0 Å². The van der Waals surface area contributed by atoms with Gasteiger partial charge in [0.15, 0.2) is 0 Å². The molecule has 0 aromatic heterocycles. The monoisotopic (exact) mass is 233 g/mol. The second-order valence-electron chi connectivity index (χ2n) is 5.10. The molecule has 0 heterocycles. The SMILES string of the molecule is COC(C)C(C)NC1CCc2ccccc2C1. The third-order valence-corrected chi connectivity index (χ3v) is 3.92. The zero-order valence-electron chi connectivity index (χ0n) is 11.1. The Bertz CT molecular complexity index is 364. The van der Waals surface area contributed by atoms with Crippen molar-refractivity contribution in [2.24, 2.45) is 0 Å². The van der Waals surface area contributed by atoms with Crippen LogP contribution in [0.2, 0.25) is 0 Å². The Morgan fingerprint density at radius 3 is 2.65 bits per heavy atom. The molecule has 3 unspecified atom stereocenters. The van der Waals surface area contributed by atoms with Gasteiger partial charge >= 0.3 is 0 Å². The first-order chi connectivity index (χ1) is 8.20. The summed E-state index contributed by atoms with van der Waals surface area (Å²) in [5.74, 6) is 0. The van der Waals surface area contributed by atoms with Crippen LogP contribution < -0.4 is 5.32 Å². The zero-order chi connectivity index (χ0) is 12.3. The second kappa shape index (κ2) is 5.65. The molecule has 0 bridgehead atoms. The number of rotatable bonds is 4. The molecule has 1 aliphatic carbocycles. The predicted octanol–water partition coefficient (Wildman–Crippen LogP) is 2.56. The lowest BCUT2D eigenvalue weighted by molar-refractivity contribution is 0.0835. The Kier molecular flexibility index (Phi) is 4.19. The van der Waals surface area contributed by atoms with E-state index in [2.05, 4.69) is 43.4 Å². The Hall–Kier alpha value is -0.860. The van der Waals surface area contributed by atoms with Gasteiger partial charge in [-0.25, -0.2) is 0 Å². The number of ether oxygens (including phenoxy) is 1. The summed E-state index contributed by atoms with van der Waals surface area (Å²) in [5.41, 5.74) is 3.03. The number of hydrogen-bond acceptors (Lipinski definition) is 2. The number of fused-ring (bicyclic) bond motifs is 1. The van der Waals surface area contributed by atoms with Gasteiger partial charge in [0.1, 0.15) is 0 Å². The maximum Gasteiger partial charge on any atom is 0.0693 e. The minimum absolute atomic E-state index is 0.271. The van der Waals surface area contributed by atoms with E-state index in [9.17, 15) is 0 Å². The van der Waals surface area contributed by atoms with Crippen molar-refractivity contribution < 1.29 is 4.74 Å². The van der Waals surface area contributed by atoms with Crippen LogP contribution in [0.4, 0.5) is 0 Å². The van der Waals surface area contributed by atoms with Crippen molar-refractivity contribution in [3.05, 3.63) is 35.4 Å². The van der Waals surface area contributed by atoms with Gasteiger partial charge in [-0.3, -0.25) is 0 Å². The quantitative estimate of drug-likeness (QED) is 0.863. The van der Waals surface area contributed by atoms with Crippen molar-refractivity contribution in [2.75, 3.05) is 7.11 Å². The molecule has 1 aliphatic rings. The summed E-state index contributed by atoms with van der Waals surface area (Å²) in [6.07, 6.45) is 3.85. The topological polar surface area (TPSA) is 21.3 Å². The number of aryl methyl sites for hydroxylation is 1. The molecule has 2 rings (SSSR count). The summed E-state index contributed by atoms with van der Waals surface area (Å²) < 4.78 is 5.36. The third kappa shape index (κ3) is 3.08. The Morgan fingerprint density at radius 1 is 1.24 bits per heavy atom. The molecule has 0 saturated heterocycles. The number of benzene rings is 1. The van der Waals surface area contributed by atoms with Crippen molar-refractivity contribution >= 4 is 0 Å². The summed E-state index contributed by atoms with van der Waals surface area (Å²) in [5, 5.41) is 3.69. The van der Waals surface area contributed by atoms with Crippen LogP contribution in [0.15, 0.2) is 24.3 Å². The van der Waals surface area contributed by atoms with E-state index in [1.165, 1.54) is 24.0 Å². The van der Waals surface area contributed by atoms with Gasteiger partial charge in [0.25, 0.3) is 0 Å². The van der Waals surface area contributed by atoms with E-state index in [0.717, 1.165) is 6.42 Å². The first kappa shape index (κ1) is 12.6. The second-order valence-corrected chi connectivity index (χ2v) is 5.10. The van der Waals surface area contributed by atoms with E-state index in [1.807, 2.05) is 0 Å². The minimum Gasteiger partial charge on any atom is -0.380 e. The average Bonchev–Trinajstić information content (AvgIpc) is 2.37. The molecule has 0 amide bonds. The molecule has 2 heteroatoms. The van der Waals surface area contributed by atoms with Crippen LogP contribution >= 0.6 is 0 Å². The molecule has 0 aliphatic heterocycles. The first-order valence-corrected chi connectivity index (χ1v) is 6.56. The standard InChI is InChI=1S/C15H23NO/c1-11(12(2)17-3)16-15-9-8-13-6-4-5-7-14(13)10-15/h4-7,11-12,15-16H,8-10H2,1-3H3. The van der Waals surface area contributed by atoms with Crippen LogP contribution in [0.5, 0.6) is 0 Å². The molecule has 1 N–H and O–H groups in total. The smallest absolute Gasteiger partial charge is 0.0693 e. The van der Waals surface area contributed by atoms with E-state index in [1.54, 1.807) is 7.11 Å². The van der Waals surface area contributed by atoms with Gasteiger partial charge in [0.05, 0.1) is 6.10 Å². The highest BCUT2D eigenvalue weighted by atomic mass is 16.5. The Labute approximate surface area is 104 Å². The molecule has 0 saturated carbocycles. The maximum atomic E-state index is 5.36. The zero-order valence-corrected chi connectivity index (χ0v) is 11.1. The van der Waals surface area contributed by atoms with Gasteiger partial charge in [-0.15, -0.1) is 0 Å². The first-order valence-electron chi connectivity index (χ1n) is 6.56. The van der Waals surface area contributed by atoms with Crippen molar-refractivity contribution in [3.63, 3.8) is 0 Å². The summed E-state index contributed by atoms with van der Waals surface area (Å²) in [6, 6.07) is 9.80. The van der Waals surface area contributed by atoms with Gasteiger partial charge < -0.3 is 10.1 Å². The van der Waals surface area contributed by atoms with Gasteiger partial charge in [0.2, 0.25) is 0 Å². The summed E-state index contributed by atoms with van der Waals surface area (Å²) in [6.45, 7) is 4.32. The van der Waals surface area contributed by atoms with E-state index in [-0.39, 0.29) is 6.10 Å². The summed E-state index contributed by atoms with van der Waals surface area (Å²) in [7, 11) is 1.78. The molecule has 0 spiro atoms. The van der Waals surface area contributed by atoms with Gasteiger partial charge in [-0.1, -0.05) is 24.3 Å². The van der Waals surface area contributed by atoms with Crippen LogP contribution in [0.25, 0.3) is 0 Å². The highest BCUT2D eigenvalue weighted by Crippen LogP contribution is 2.21. The van der Waals surface area contributed by atoms with Crippen molar-refractivity contribution in [1.82, 2.24) is 5.32 Å². The molecule has 0 radical (unpaired) electrons. The fraction of sp³-hybridized carbons (Fsp3) is 0.600. The van der Waals surface area contributed by atoms with Crippen LogP contribution in [-0.2, 0) is 17.6 Å². The van der Waals surface area contributed by atoms with Crippen molar-refractivity contribution in [3.8, 4) is 0 Å². The Balaban J connectivity index is 1.94. The minimum atomic E-state index is 0.271. The van der Waals surface area contributed by atoms with E-state index in [0.29, 0.717) is 12.1 Å². The van der Waals surface area contributed by atoms with E-state index in [4.69, 9.17) is 4.74 Å². The highest BCUT2D eigenvalue weighted by molar-refractivity contribution is 5.30. The lowest BCUT2D eigenvalue weighted by atomic mass is 9.88. The molecule has 1 aromatic rings. The molecule has 0 fully saturated rings. The van der Waals surface area contributed by atoms with Crippen LogP contribution in [-0.4, -0.2) is 25.3 Å². The van der Waals surface area contributed by atoms with E-state index >= 15 is 0 Å². The van der Waals surface area contributed by atoms with E-state index < -0.39 is 0 Å². The van der Waals surface area contributed by atoms with Crippen molar-refractivity contribution in [1.29, 1.82) is 0 Å². The lowest BCUT2D eigenvalue weighted by Crippen LogP contribution is -2.45. The number of nitrogens with one attached hydrogen (secondary N) is 1. The van der Waals surface area contributed by atoms with Gasteiger partial charge in [-0.2, -0.15) is 0 Å². The van der Waals surface area contributed by atoms with Gasteiger partial charge in [0, 0.05) is 19.2 Å². The predicted molar refractivity (Wildman–Crippen MR) is 71.3 cm³/mol. The lowest BCUT2D eigenvalue weighted by Gasteiger charge is -2.30. The molecule has 2 nitrogen and oxygen atoms in total.